The van der Waals surface area contributed by atoms with Crippen LogP contribution in [0.4, 0.5) is 10.2 Å². The molecule has 0 bridgehead atoms. The second-order valence-corrected chi connectivity index (χ2v) is 7.20. The number of pyridine rings is 2. The fourth-order valence-electron chi connectivity index (χ4n) is 3.55. The predicted molar refractivity (Wildman–Crippen MR) is 111 cm³/mol. The van der Waals surface area contributed by atoms with Crippen LogP contribution in [-0.2, 0) is 0 Å². The number of carbonyl (C=O) groups is 1. The Balaban J connectivity index is 1.95. The van der Waals surface area contributed by atoms with E-state index in [4.69, 9.17) is 4.74 Å². The molecule has 9 heteroatoms. The number of benzene rings is 1. The molecule has 2 aromatic heterocycles. The first-order valence-corrected chi connectivity index (χ1v) is 9.46. The summed E-state index contributed by atoms with van der Waals surface area (Å²) in [6.07, 6.45) is 1.23. The molecular weight excluding hydrogens is 391 g/mol. The number of rotatable bonds is 4. The SMILES string of the molecule is COc1ccc(-n2cc(C(=O)O)c(=O)c3cc(F)c(N4CCN(C)CC4)nc32)cc1. The lowest BCUT2D eigenvalue weighted by atomic mass is 10.1. The summed E-state index contributed by atoms with van der Waals surface area (Å²) in [6, 6.07) is 7.95. The van der Waals surface area contributed by atoms with Gasteiger partial charge in [0.05, 0.1) is 12.5 Å². The number of carboxylic acids is 1. The minimum absolute atomic E-state index is 0.0823. The Morgan fingerprint density at radius 1 is 1.17 bits per heavy atom. The quantitative estimate of drug-likeness (QED) is 0.701. The number of nitrogens with zero attached hydrogens (tertiary/aromatic N) is 4. The van der Waals surface area contributed by atoms with Gasteiger partial charge in [-0.1, -0.05) is 0 Å². The smallest absolute Gasteiger partial charge is 0.341 e. The number of hydrogen-bond acceptors (Lipinski definition) is 6. The molecule has 1 aromatic carbocycles. The van der Waals surface area contributed by atoms with Gasteiger partial charge in [0.15, 0.2) is 17.3 Å². The summed E-state index contributed by atoms with van der Waals surface area (Å²) >= 11 is 0. The van der Waals surface area contributed by atoms with Gasteiger partial charge in [0, 0.05) is 38.1 Å². The molecule has 1 aliphatic heterocycles. The molecule has 0 aliphatic carbocycles. The van der Waals surface area contributed by atoms with E-state index in [-0.39, 0.29) is 16.9 Å². The van der Waals surface area contributed by atoms with Crippen molar-refractivity contribution in [2.24, 2.45) is 0 Å². The number of methoxy groups -OCH3 is 1. The first kappa shape index (κ1) is 19.8. The summed E-state index contributed by atoms with van der Waals surface area (Å²) in [5, 5.41) is 9.39. The Bertz CT molecular complexity index is 1170. The van der Waals surface area contributed by atoms with Crippen molar-refractivity contribution in [2.45, 2.75) is 0 Å². The van der Waals surface area contributed by atoms with Crippen molar-refractivity contribution in [2.75, 3.05) is 45.2 Å². The van der Waals surface area contributed by atoms with Crippen molar-refractivity contribution in [3.63, 3.8) is 0 Å². The fourth-order valence-corrected chi connectivity index (χ4v) is 3.55. The molecule has 30 heavy (non-hydrogen) atoms. The number of fused-ring (bicyclic) bond motifs is 1. The van der Waals surface area contributed by atoms with E-state index in [0.29, 0.717) is 24.5 Å². The van der Waals surface area contributed by atoms with Crippen LogP contribution in [0.2, 0.25) is 0 Å². The lowest BCUT2D eigenvalue weighted by molar-refractivity contribution is 0.0695. The van der Waals surface area contributed by atoms with Crippen LogP contribution in [0, 0.1) is 5.82 Å². The number of aromatic carboxylic acids is 1. The van der Waals surface area contributed by atoms with Gasteiger partial charge in [-0.3, -0.25) is 4.79 Å². The van der Waals surface area contributed by atoms with Gasteiger partial charge in [0.25, 0.3) is 0 Å². The summed E-state index contributed by atoms with van der Waals surface area (Å²) < 4.78 is 21.6. The zero-order valence-corrected chi connectivity index (χ0v) is 16.6. The van der Waals surface area contributed by atoms with E-state index in [9.17, 15) is 19.1 Å². The maximum Gasteiger partial charge on any atom is 0.341 e. The third-order valence-corrected chi connectivity index (χ3v) is 5.30. The Labute approximate surface area is 171 Å². The Kier molecular flexibility index (Phi) is 5.13. The van der Waals surface area contributed by atoms with E-state index in [1.54, 1.807) is 31.4 Å². The molecule has 1 N–H and O–H groups in total. The fraction of sp³-hybridized carbons (Fsp3) is 0.286. The maximum atomic E-state index is 14.9. The Morgan fingerprint density at radius 3 is 2.43 bits per heavy atom. The first-order chi connectivity index (χ1) is 14.4. The minimum Gasteiger partial charge on any atom is -0.497 e. The largest absolute Gasteiger partial charge is 0.497 e. The number of aromatic nitrogens is 2. The molecule has 156 valence electrons. The van der Waals surface area contributed by atoms with Gasteiger partial charge in [0.1, 0.15) is 11.3 Å². The van der Waals surface area contributed by atoms with Crippen LogP contribution in [0.5, 0.6) is 5.75 Å². The van der Waals surface area contributed by atoms with Crippen LogP contribution in [-0.4, -0.2) is 65.9 Å². The molecule has 0 unspecified atom stereocenters. The van der Waals surface area contributed by atoms with Gasteiger partial charge in [-0.25, -0.2) is 14.2 Å². The van der Waals surface area contributed by atoms with Crippen molar-refractivity contribution in [3.05, 3.63) is 58.1 Å². The van der Waals surface area contributed by atoms with Gasteiger partial charge in [-0.05, 0) is 37.4 Å². The molecule has 0 saturated carbocycles. The van der Waals surface area contributed by atoms with E-state index < -0.39 is 22.8 Å². The number of ether oxygens (including phenoxy) is 1. The maximum absolute atomic E-state index is 14.9. The highest BCUT2D eigenvalue weighted by molar-refractivity contribution is 5.92. The first-order valence-electron chi connectivity index (χ1n) is 9.46. The van der Waals surface area contributed by atoms with Crippen molar-refractivity contribution in [1.29, 1.82) is 0 Å². The molecule has 0 atom stereocenters. The topological polar surface area (TPSA) is 87.9 Å². The standard InChI is InChI=1S/C21H21FN4O4/c1-24-7-9-25(10-8-24)20-17(22)11-15-18(27)16(21(28)29)12-26(19(15)23-20)13-3-5-14(30-2)6-4-13/h3-6,11-12H,7-10H2,1-2H3,(H,28,29). The van der Waals surface area contributed by atoms with E-state index in [0.717, 1.165) is 19.2 Å². The molecule has 1 aliphatic rings. The second-order valence-electron chi connectivity index (χ2n) is 7.20. The van der Waals surface area contributed by atoms with Crippen molar-refractivity contribution in [1.82, 2.24) is 14.5 Å². The highest BCUT2D eigenvalue weighted by Crippen LogP contribution is 2.25. The molecule has 4 rings (SSSR count). The predicted octanol–water partition coefficient (Wildman–Crippen LogP) is 1.98. The second kappa shape index (κ2) is 7.75. The van der Waals surface area contributed by atoms with Gasteiger partial charge < -0.3 is 24.2 Å². The van der Waals surface area contributed by atoms with Crippen molar-refractivity contribution >= 4 is 22.8 Å². The molecular formula is C21H21FN4O4. The highest BCUT2D eigenvalue weighted by Gasteiger charge is 2.23. The summed E-state index contributed by atoms with van der Waals surface area (Å²) in [5.41, 5.74) is -0.442. The molecule has 1 fully saturated rings. The molecule has 1 saturated heterocycles. The van der Waals surface area contributed by atoms with Gasteiger partial charge in [0.2, 0.25) is 5.43 Å². The molecule has 3 aromatic rings. The third-order valence-electron chi connectivity index (χ3n) is 5.30. The van der Waals surface area contributed by atoms with Crippen LogP contribution in [0.3, 0.4) is 0 Å². The minimum atomic E-state index is -1.38. The monoisotopic (exact) mass is 412 g/mol. The normalized spacial score (nSPS) is 14.8. The molecule has 0 spiro atoms. The van der Waals surface area contributed by atoms with E-state index in [2.05, 4.69) is 9.88 Å². The number of hydrogen-bond donors (Lipinski definition) is 1. The number of anilines is 1. The van der Waals surface area contributed by atoms with Crippen molar-refractivity contribution < 1.29 is 19.0 Å². The van der Waals surface area contributed by atoms with Crippen LogP contribution in [0.25, 0.3) is 16.7 Å². The zero-order chi connectivity index (χ0) is 21.4. The van der Waals surface area contributed by atoms with Crippen LogP contribution >= 0.6 is 0 Å². The van der Waals surface area contributed by atoms with Gasteiger partial charge in [-0.15, -0.1) is 0 Å². The molecule has 8 nitrogen and oxygen atoms in total. The lowest BCUT2D eigenvalue weighted by Crippen LogP contribution is -2.45. The van der Waals surface area contributed by atoms with Crippen LogP contribution in [0.15, 0.2) is 41.3 Å². The van der Waals surface area contributed by atoms with E-state index >= 15 is 0 Å². The third kappa shape index (κ3) is 3.48. The van der Waals surface area contributed by atoms with E-state index in [1.165, 1.54) is 10.8 Å². The van der Waals surface area contributed by atoms with Crippen LogP contribution in [0.1, 0.15) is 10.4 Å². The molecule has 3 heterocycles. The average Bonchev–Trinajstić information content (AvgIpc) is 2.74. The highest BCUT2D eigenvalue weighted by atomic mass is 19.1. The zero-order valence-electron chi connectivity index (χ0n) is 16.6. The molecule has 0 radical (unpaired) electrons. The Hall–Kier alpha value is -3.46. The van der Waals surface area contributed by atoms with Gasteiger partial charge >= 0.3 is 5.97 Å². The number of likely N-dealkylation sites (N-methyl/N-ethyl adjacent to an activating group) is 1. The van der Waals surface area contributed by atoms with Crippen LogP contribution < -0.4 is 15.1 Å². The summed E-state index contributed by atoms with van der Waals surface area (Å²) in [4.78, 5) is 32.8. The number of carboxylic acid groups (broad SMARTS) is 1. The summed E-state index contributed by atoms with van der Waals surface area (Å²) in [5.74, 6) is -1.25. The van der Waals surface area contributed by atoms with Crippen molar-refractivity contribution in [3.8, 4) is 11.4 Å². The Morgan fingerprint density at radius 2 is 1.83 bits per heavy atom. The molecule has 0 amide bonds. The summed E-state index contributed by atoms with van der Waals surface area (Å²) in [6.45, 7) is 2.74. The average molecular weight is 412 g/mol. The number of piperazine rings is 1. The number of halogens is 1. The lowest BCUT2D eigenvalue weighted by Gasteiger charge is -2.33. The van der Waals surface area contributed by atoms with E-state index in [1.807, 2.05) is 11.9 Å². The summed E-state index contributed by atoms with van der Waals surface area (Å²) in [7, 11) is 3.54. The van der Waals surface area contributed by atoms with Gasteiger partial charge in [-0.2, -0.15) is 0 Å².